The van der Waals surface area contributed by atoms with Gasteiger partial charge in [0, 0.05) is 13.0 Å². The number of carbonyl (C=O) groups excluding carboxylic acids is 2. The van der Waals surface area contributed by atoms with Gasteiger partial charge in [-0.1, -0.05) is 30.3 Å². The Hall–Kier alpha value is -2.89. The Balaban J connectivity index is 2.21. The van der Waals surface area contributed by atoms with Crippen molar-refractivity contribution >= 4 is 11.9 Å². The lowest BCUT2D eigenvalue weighted by molar-refractivity contribution is -0.132. The molecule has 0 aliphatic rings. The second kappa shape index (κ2) is 7.21. The molecule has 1 aromatic carbocycles. The minimum Gasteiger partial charge on any atom is -0.486 e. The Morgan fingerprint density at radius 3 is 2.45 bits per heavy atom. The second-order valence-electron chi connectivity index (χ2n) is 4.36. The van der Waals surface area contributed by atoms with Crippen LogP contribution < -0.4 is 9.47 Å². The fourth-order valence-electron chi connectivity index (χ4n) is 1.73. The minimum atomic E-state index is -0.669. The quantitative estimate of drug-likeness (QED) is 0.789. The van der Waals surface area contributed by atoms with Crippen LogP contribution in [0.3, 0.4) is 0 Å². The van der Waals surface area contributed by atoms with Crippen LogP contribution in [0.25, 0.3) is 0 Å². The van der Waals surface area contributed by atoms with Gasteiger partial charge < -0.3 is 14.2 Å². The number of hydrogen-bond donors (Lipinski definition) is 0. The second-order valence-corrected chi connectivity index (χ2v) is 4.36. The average Bonchev–Trinajstić information content (AvgIpc) is 2.53. The van der Waals surface area contributed by atoms with Gasteiger partial charge in [-0.25, -0.2) is 9.78 Å². The zero-order valence-electron chi connectivity index (χ0n) is 12.2. The fourth-order valence-corrected chi connectivity index (χ4v) is 1.73. The molecule has 6 heteroatoms. The van der Waals surface area contributed by atoms with Crippen LogP contribution in [0, 0.1) is 0 Å². The molecular formula is C16H15NO5. The molecule has 0 aliphatic heterocycles. The van der Waals surface area contributed by atoms with Gasteiger partial charge in [0.15, 0.2) is 11.4 Å². The SMILES string of the molecule is COC(=O)c1nc(OC(C)=O)ccc1OCc1ccccc1. The monoisotopic (exact) mass is 301 g/mol. The molecule has 0 atom stereocenters. The van der Waals surface area contributed by atoms with Crippen molar-refractivity contribution in [1.82, 2.24) is 4.98 Å². The average molecular weight is 301 g/mol. The van der Waals surface area contributed by atoms with Crippen LogP contribution in [0.1, 0.15) is 23.0 Å². The Bertz CT molecular complexity index is 669. The van der Waals surface area contributed by atoms with Crippen LogP contribution in [-0.2, 0) is 16.1 Å². The van der Waals surface area contributed by atoms with Crippen molar-refractivity contribution in [2.24, 2.45) is 0 Å². The van der Waals surface area contributed by atoms with Crippen molar-refractivity contribution in [2.75, 3.05) is 7.11 Å². The van der Waals surface area contributed by atoms with Gasteiger partial charge in [-0.05, 0) is 11.6 Å². The normalized spacial score (nSPS) is 9.91. The third-order valence-corrected chi connectivity index (χ3v) is 2.70. The van der Waals surface area contributed by atoms with Gasteiger partial charge in [-0.3, -0.25) is 4.79 Å². The molecule has 0 radical (unpaired) electrons. The largest absolute Gasteiger partial charge is 0.486 e. The van der Waals surface area contributed by atoms with Gasteiger partial charge >= 0.3 is 11.9 Å². The molecule has 0 amide bonds. The molecule has 1 aromatic heterocycles. The summed E-state index contributed by atoms with van der Waals surface area (Å²) < 4.78 is 15.1. The number of pyridine rings is 1. The molecule has 0 saturated heterocycles. The van der Waals surface area contributed by atoms with Gasteiger partial charge in [0.1, 0.15) is 6.61 Å². The van der Waals surface area contributed by atoms with E-state index in [1.807, 2.05) is 30.3 Å². The number of nitrogens with zero attached hydrogens (tertiary/aromatic N) is 1. The summed E-state index contributed by atoms with van der Waals surface area (Å²) in [6, 6.07) is 12.5. The first-order chi connectivity index (χ1) is 10.6. The van der Waals surface area contributed by atoms with Crippen LogP contribution >= 0.6 is 0 Å². The Labute approximate surface area is 127 Å². The molecule has 6 nitrogen and oxygen atoms in total. The number of hydrogen-bond acceptors (Lipinski definition) is 6. The van der Waals surface area contributed by atoms with E-state index in [1.54, 1.807) is 0 Å². The van der Waals surface area contributed by atoms with E-state index in [9.17, 15) is 9.59 Å². The third-order valence-electron chi connectivity index (χ3n) is 2.70. The van der Waals surface area contributed by atoms with E-state index >= 15 is 0 Å². The van der Waals surface area contributed by atoms with E-state index in [0.29, 0.717) is 0 Å². The molecule has 0 spiro atoms. The van der Waals surface area contributed by atoms with Gasteiger partial charge in [0.2, 0.25) is 5.88 Å². The molecule has 22 heavy (non-hydrogen) atoms. The van der Waals surface area contributed by atoms with Crippen LogP contribution in [0.2, 0.25) is 0 Å². The predicted octanol–water partition coefficient (Wildman–Crippen LogP) is 2.37. The maximum absolute atomic E-state index is 11.8. The lowest BCUT2D eigenvalue weighted by Gasteiger charge is -2.11. The molecule has 1 heterocycles. The summed E-state index contributed by atoms with van der Waals surface area (Å²) in [4.78, 5) is 26.7. The van der Waals surface area contributed by atoms with Gasteiger partial charge in [0.25, 0.3) is 0 Å². The summed E-state index contributed by atoms with van der Waals surface area (Å²) in [7, 11) is 1.24. The number of ether oxygens (including phenoxy) is 3. The molecule has 0 aliphatic carbocycles. The van der Waals surface area contributed by atoms with E-state index < -0.39 is 11.9 Å². The van der Waals surface area contributed by atoms with E-state index in [4.69, 9.17) is 9.47 Å². The summed E-state index contributed by atoms with van der Waals surface area (Å²) in [5.41, 5.74) is 0.902. The molecule has 114 valence electrons. The number of methoxy groups -OCH3 is 1. The molecule has 0 saturated carbocycles. The van der Waals surface area contributed by atoms with Crippen molar-refractivity contribution in [3.8, 4) is 11.6 Å². The summed E-state index contributed by atoms with van der Waals surface area (Å²) in [5.74, 6) is -0.926. The molecule has 0 N–H and O–H groups in total. The Morgan fingerprint density at radius 2 is 1.82 bits per heavy atom. The first kappa shape index (κ1) is 15.5. The van der Waals surface area contributed by atoms with Crippen LogP contribution in [0.4, 0.5) is 0 Å². The van der Waals surface area contributed by atoms with E-state index in [1.165, 1.54) is 26.2 Å². The number of esters is 2. The molecule has 0 bridgehead atoms. The lowest BCUT2D eigenvalue weighted by Crippen LogP contribution is -2.11. The minimum absolute atomic E-state index is 0.0139. The summed E-state index contributed by atoms with van der Waals surface area (Å²) in [6.45, 7) is 1.53. The van der Waals surface area contributed by atoms with Crippen molar-refractivity contribution in [2.45, 2.75) is 13.5 Å². The highest BCUT2D eigenvalue weighted by molar-refractivity contribution is 5.90. The van der Waals surface area contributed by atoms with Crippen LogP contribution in [-0.4, -0.2) is 24.0 Å². The van der Waals surface area contributed by atoms with Crippen molar-refractivity contribution < 1.29 is 23.8 Å². The number of rotatable bonds is 5. The number of benzene rings is 1. The molecule has 0 fully saturated rings. The zero-order chi connectivity index (χ0) is 15.9. The highest BCUT2D eigenvalue weighted by Gasteiger charge is 2.17. The highest BCUT2D eigenvalue weighted by atomic mass is 16.5. The maximum Gasteiger partial charge on any atom is 0.360 e. The van der Waals surface area contributed by atoms with E-state index in [2.05, 4.69) is 9.72 Å². The smallest absolute Gasteiger partial charge is 0.360 e. The summed E-state index contributed by atoms with van der Waals surface area (Å²) >= 11 is 0. The van der Waals surface area contributed by atoms with Crippen LogP contribution in [0.5, 0.6) is 11.6 Å². The fraction of sp³-hybridized carbons (Fsp3) is 0.188. The van der Waals surface area contributed by atoms with Crippen molar-refractivity contribution in [3.63, 3.8) is 0 Å². The number of carbonyl (C=O) groups is 2. The van der Waals surface area contributed by atoms with Gasteiger partial charge in [-0.2, -0.15) is 0 Å². The van der Waals surface area contributed by atoms with E-state index in [0.717, 1.165) is 5.56 Å². The maximum atomic E-state index is 11.8. The first-order valence-electron chi connectivity index (χ1n) is 6.54. The third kappa shape index (κ3) is 4.05. The van der Waals surface area contributed by atoms with E-state index in [-0.39, 0.29) is 23.9 Å². The lowest BCUT2D eigenvalue weighted by atomic mass is 10.2. The predicted molar refractivity (Wildman–Crippen MR) is 77.7 cm³/mol. The Kier molecular flexibility index (Phi) is 5.08. The molecule has 2 rings (SSSR count). The summed E-state index contributed by atoms with van der Waals surface area (Å²) in [5, 5.41) is 0. The van der Waals surface area contributed by atoms with Crippen LogP contribution in [0.15, 0.2) is 42.5 Å². The van der Waals surface area contributed by atoms with Gasteiger partial charge in [0.05, 0.1) is 7.11 Å². The van der Waals surface area contributed by atoms with Crippen molar-refractivity contribution in [3.05, 3.63) is 53.7 Å². The first-order valence-corrected chi connectivity index (χ1v) is 6.54. The van der Waals surface area contributed by atoms with Crippen molar-refractivity contribution in [1.29, 1.82) is 0 Å². The molecular weight excluding hydrogens is 286 g/mol. The zero-order valence-corrected chi connectivity index (χ0v) is 12.2. The highest BCUT2D eigenvalue weighted by Crippen LogP contribution is 2.22. The number of aromatic nitrogens is 1. The topological polar surface area (TPSA) is 74.7 Å². The summed E-state index contributed by atoms with van der Waals surface area (Å²) in [6.07, 6.45) is 0. The molecule has 0 unspecified atom stereocenters. The van der Waals surface area contributed by atoms with Gasteiger partial charge in [-0.15, -0.1) is 0 Å². The Morgan fingerprint density at radius 1 is 1.09 bits per heavy atom. The standard InChI is InChI=1S/C16H15NO5/c1-11(18)22-14-9-8-13(15(17-14)16(19)20-2)21-10-12-6-4-3-5-7-12/h3-9H,10H2,1-2H3. The molecule has 2 aromatic rings.